The van der Waals surface area contributed by atoms with Crippen molar-refractivity contribution in [1.82, 2.24) is 5.32 Å². The first-order valence-corrected chi connectivity index (χ1v) is 5.65. The fraction of sp³-hybridized carbons (Fsp3) is 1.00. The maximum Gasteiger partial charge on any atom is 0.0782 e. The van der Waals surface area contributed by atoms with E-state index in [9.17, 15) is 0 Å². The van der Waals surface area contributed by atoms with Crippen molar-refractivity contribution in [2.45, 2.75) is 33.1 Å². The lowest BCUT2D eigenvalue weighted by Gasteiger charge is -2.29. The van der Waals surface area contributed by atoms with Crippen LogP contribution in [-0.4, -0.2) is 44.8 Å². The minimum Gasteiger partial charge on any atom is -0.328 e. The van der Waals surface area contributed by atoms with Gasteiger partial charge >= 0.3 is 0 Å². The van der Waals surface area contributed by atoms with Gasteiger partial charge in [0.1, 0.15) is 0 Å². The van der Waals surface area contributed by atoms with E-state index in [4.69, 9.17) is 0 Å². The van der Waals surface area contributed by atoms with E-state index >= 15 is 0 Å². The Hall–Kier alpha value is -0.0800. The van der Waals surface area contributed by atoms with Crippen LogP contribution in [-0.2, 0) is 0 Å². The Morgan fingerprint density at radius 1 is 1.00 bits per heavy atom. The van der Waals surface area contributed by atoms with Crippen LogP contribution >= 0.6 is 0 Å². The van der Waals surface area contributed by atoms with Crippen LogP contribution < -0.4 is 5.32 Å². The molecule has 0 aromatic carbocycles. The van der Waals surface area contributed by atoms with Gasteiger partial charge in [0, 0.05) is 0 Å². The summed E-state index contributed by atoms with van der Waals surface area (Å²) in [5, 5.41) is 3.36. The van der Waals surface area contributed by atoms with Crippen molar-refractivity contribution in [2.75, 3.05) is 40.3 Å². The molecule has 0 atom stereocenters. The molecule has 2 heteroatoms. The van der Waals surface area contributed by atoms with E-state index < -0.39 is 0 Å². The van der Waals surface area contributed by atoms with Crippen molar-refractivity contribution in [3.8, 4) is 0 Å². The highest BCUT2D eigenvalue weighted by Gasteiger charge is 2.11. The van der Waals surface area contributed by atoms with E-state index in [1.165, 1.54) is 43.4 Å². The molecule has 0 heterocycles. The molecule has 0 radical (unpaired) electrons. The highest BCUT2D eigenvalue weighted by atomic mass is 15.3. The zero-order valence-electron chi connectivity index (χ0n) is 9.90. The summed E-state index contributed by atoms with van der Waals surface area (Å²) in [6, 6.07) is 0. The van der Waals surface area contributed by atoms with Gasteiger partial charge in [0.25, 0.3) is 0 Å². The average Bonchev–Trinajstić information content (AvgIpc) is 2.04. The van der Waals surface area contributed by atoms with Crippen molar-refractivity contribution in [3.05, 3.63) is 0 Å². The van der Waals surface area contributed by atoms with Crippen LogP contribution in [0.4, 0.5) is 0 Å². The van der Waals surface area contributed by atoms with Crippen LogP contribution in [0.1, 0.15) is 33.1 Å². The van der Waals surface area contributed by atoms with Crippen molar-refractivity contribution >= 4 is 0 Å². The van der Waals surface area contributed by atoms with E-state index in [-0.39, 0.29) is 0 Å². The van der Waals surface area contributed by atoms with Crippen LogP contribution in [0.5, 0.6) is 0 Å². The number of unbranched alkanes of at least 4 members (excludes halogenated alkanes) is 1. The Labute approximate surface area is 83.9 Å². The zero-order valence-corrected chi connectivity index (χ0v) is 9.90. The van der Waals surface area contributed by atoms with E-state index in [0.717, 1.165) is 6.54 Å². The monoisotopic (exact) mass is 187 g/mol. The normalized spacial score (nSPS) is 12.0. The topological polar surface area (TPSA) is 12.0 Å². The smallest absolute Gasteiger partial charge is 0.0782 e. The largest absolute Gasteiger partial charge is 0.328 e. The molecule has 0 aliphatic rings. The molecule has 0 bridgehead atoms. The fourth-order valence-corrected chi connectivity index (χ4v) is 1.68. The average molecular weight is 187 g/mol. The van der Waals surface area contributed by atoms with Gasteiger partial charge in [-0.3, -0.25) is 0 Å². The predicted octanol–water partition coefficient (Wildman–Crippen LogP) is 1.86. The summed E-state index contributed by atoms with van der Waals surface area (Å²) in [4.78, 5) is 0. The first-order valence-electron chi connectivity index (χ1n) is 5.65. The van der Waals surface area contributed by atoms with Crippen molar-refractivity contribution in [3.63, 3.8) is 0 Å². The third-order valence-electron chi connectivity index (χ3n) is 2.45. The second-order valence-corrected chi connectivity index (χ2v) is 4.44. The predicted molar refractivity (Wildman–Crippen MR) is 59.9 cm³/mol. The van der Waals surface area contributed by atoms with Gasteiger partial charge < -0.3 is 9.80 Å². The van der Waals surface area contributed by atoms with Gasteiger partial charge in [0.2, 0.25) is 0 Å². The molecule has 0 fully saturated rings. The third-order valence-corrected chi connectivity index (χ3v) is 2.45. The van der Waals surface area contributed by atoms with Gasteiger partial charge in [-0.1, -0.05) is 13.8 Å². The maximum absolute atomic E-state index is 3.36. The lowest BCUT2D eigenvalue weighted by molar-refractivity contribution is -0.890. The summed E-state index contributed by atoms with van der Waals surface area (Å²) in [5.74, 6) is 0. The Kier molecular flexibility index (Phi) is 7.29. The summed E-state index contributed by atoms with van der Waals surface area (Å²) < 4.78 is 1.18. The fourth-order valence-electron chi connectivity index (χ4n) is 1.68. The Bertz CT molecular complexity index is 111. The lowest BCUT2D eigenvalue weighted by atomic mass is 10.2. The van der Waals surface area contributed by atoms with Crippen LogP contribution in [0.15, 0.2) is 0 Å². The molecule has 0 aromatic rings. The molecule has 13 heavy (non-hydrogen) atoms. The van der Waals surface area contributed by atoms with Gasteiger partial charge in [0.15, 0.2) is 0 Å². The first kappa shape index (κ1) is 12.9. The number of hydrogen-bond acceptors (Lipinski definition) is 1. The highest BCUT2D eigenvalue weighted by molar-refractivity contribution is 4.45. The van der Waals surface area contributed by atoms with E-state index in [0.29, 0.717) is 0 Å². The molecule has 0 unspecified atom stereocenters. The number of quaternary nitrogens is 1. The molecular weight excluding hydrogens is 160 g/mol. The molecule has 0 rings (SSSR count). The first-order chi connectivity index (χ1) is 6.12. The minimum atomic E-state index is 1.10. The summed E-state index contributed by atoms with van der Waals surface area (Å²) in [7, 11) is 4.66. The standard InChI is InChI=1S/C11H27N2/c1-5-10-13(3,4)11-8-7-9-12-6-2/h12H,5-11H2,1-4H3/q+1. The molecular formula is C11H27N2+. The minimum absolute atomic E-state index is 1.10. The summed E-state index contributed by atoms with van der Waals surface area (Å²) in [5.41, 5.74) is 0. The van der Waals surface area contributed by atoms with Gasteiger partial charge in [-0.2, -0.15) is 0 Å². The summed E-state index contributed by atoms with van der Waals surface area (Å²) in [6.07, 6.45) is 3.96. The highest BCUT2D eigenvalue weighted by Crippen LogP contribution is 2.02. The van der Waals surface area contributed by atoms with E-state index in [2.05, 4.69) is 33.3 Å². The molecule has 0 amide bonds. The van der Waals surface area contributed by atoms with Gasteiger partial charge in [-0.15, -0.1) is 0 Å². The number of nitrogens with one attached hydrogen (secondary N) is 1. The van der Waals surface area contributed by atoms with Crippen LogP contribution in [0.25, 0.3) is 0 Å². The van der Waals surface area contributed by atoms with Crippen LogP contribution in [0.2, 0.25) is 0 Å². The van der Waals surface area contributed by atoms with Gasteiger partial charge in [-0.05, 0) is 32.4 Å². The van der Waals surface area contributed by atoms with Crippen LogP contribution in [0, 0.1) is 0 Å². The molecule has 0 saturated heterocycles. The second-order valence-electron chi connectivity index (χ2n) is 4.44. The Morgan fingerprint density at radius 3 is 2.23 bits per heavy atom. The summed E-state index contributed by atoms with van der Waals surface area (Å²) >= 11 is 0. The van der Waals surface area contributed by atoms with Crippen molar-refractivity contribution in [1.29, 1.82) is 0 Å². The molecule has 2 nitrogen and oxygen atoms in total. The van der Waals surface area contributed by atoms with E-state index in [1.54, 1.807) is 0 Å². The SMILES string of the molecule is CCC[N+](C)(C)CCCCNCC. The zero-order chi connectivity index (χ0) is 10.2. The lowest BCUT2D eigenvalue weighted by Crippen LogP contribution is -2.41. The maximum atomic E-state index is 3.36. The Morgan fingerprint density at radius 2 is 1.69 bits per heavy atom. The number of rotatable bonds is 8. The molecule has 0 aromatic heterocycles. The number of hydrogen-bond donors (Lipinski definition) is 1. The second kappa shape index (κ2) is 7.34. The van der Waals surface area contributed by atoms with Crippen molar-refractivity contribution in [2.24, 2.45) is 0 Å². The third kappa shape index (κ3) is 8.26. The molecule has 0 aliphatic carbocycles. The molecule has 1 N–H and O–H groups in total. The molecule has 0 aliphatic heterocycles. The molecule has 0 saturated carbocycles. The quantitative estimate of drug-likeness (QED) is 0.452. The Balaban J connectivity index is 3.29. The van der Waals surface area contributed by atoms with E-state index in [1.807, 2.05) is 0 Å². The number of nitrogens with zero attached hydrogens (tertiary/aromatic N) is 1. The molecule has 80 valence electrons. The summed E-state index contributed by atoms with van der Waals surface area (Å²) in [6.45, 7) is 9.34. The van der Waals surface area contributed by atoms with Gasteiger partial charge in [-0.25, -0.2) is 0 Å². The van der Waals surface area contributed by atoms with Gasteiger partial charge in [0.05, 0.1) is 27.2 Å². The molecule has 0 spiro atoms. The van der Waals surface area contributed by atoms with Crippen molar-refractivity contribution < 1.29 is 4.48 Å². The van der Waals surface area contributed by atoms with Crippen LogP contribution in [0.3, 0.4) is 0 Å².